The van der Waals surface area contributed by atoms with Crippen molar-refractivity contribution in [3.8, 4) is 0 Å². The van der Waals surface area contributed by atoms with Crippen molar-refractivity contribution in [2.75, 3.05) is 0 Å². The summed E-state index contributed by atoms with van der Waals surface area (Å²) in [5.74, 6) is 0. The van der Waals surface area contributed by atoms with E-state index in [1.54, 1.807) is 0 Å². The van der Waals surface area contributed by atoms with Gasteiger partial charge in [-0.15, -0.1) is 0 Å². The van der Waals surface area contributed by atoms with Gasteiger partial charge in [0.1, 0.15) is 0 Å². The van der Waals surface area contributed by atoms with E-state index in [1.807, 2.05) is 0 Å². The number of fused-ring (bicyclic) bond motifs is 2. The molecule has 3 nitrogen and oxygen atoms in total. The summed E-state index contributed by atoms with van der Waals surface area (Å²) in [7, 11) is 0. The topological polar surface area (TPSA) is 50.1 Å². The third-order valence-electron chi connectivity index (χ3n) is 3.36. The molecule has 0 bridgehead atoms. The Balaban J connectivity index is 2.15. The summed E-state index contributed by atoms with van der Waals surface area (Å²) in [6.07, 6.45) is 0. The maximum absolute atomic E-state index is 5.44. The Morgan fingerprint density at radius 3 is 2.05 bits per heavy atom. The van der Waals surface area contributed by atoms with E-state index in [9.17, 15) is 0 Å². The molecule has 0 atom stereocenters. The van der Waals surface area contributed by atoms with Crippen LogP contribution in [0.3, 0.4) is 0 Å². The summed E-state index contributed by atoms with van der Waals surface area (Å²) < 4.78 is 0. The molecule has 3 aromatic rings. The molecule has 0 amide bonds. The van der Waals surface area contributed by atoms with E-state index < -0.39 is 0 Å². The van der Waals surface area contributed by atoms with E-state index in [4.69, 9.17) is 18.0 Å². The second-order valence-corrected chi connectivity index (χ2v) is 5.08. The number of hydrogen-bond acceptors (Lipinski definition) is 2. The van der Waals surface area contributed by atoms with Crippen LogP contribution in [-0.4, -0.2) is 5.11 Å². The van der Waals surface area contributed by atoms with Crippen molar-refractivity contribution in [3.05, 3.63) is 60.2 Å². The number of nitrogens with one attached hydrogen (secondary N) is 2. The molecule has 0 saturated heterocycles. The fourth-order valence-corrected chi connectivity index (χ4v) is 2.59. The van der Waals surface area contributed by atoms with E-state index in [0.717, 1.165) is 0 Å². The molecule has 3 rings (SSSR count). The number of rotatable bonds is 3. The zero-order valence-electron chi connectivity index (χ0n) is 10.9. The standard InChI is InChI=1S/C16H15N3S/c17-16(20)19-18-10-15-13-7-3-1-5-11(13)9-12-6-2-4-8-14(12)15/h1-9,18H,10H2,(H3,17,19,20). The number of benzene rings is 3. The lowest BCUT2D eigenvalue weighted by atomic mass is 9.97. The largest absolute Gasteiger partial charge is 0.375 e. The highest BCUT2D eigenvalue weighted by Crippen LogP contribution is 2.28. The van der Waals surface area contributed by atoms with E-state index in [-0.39, 0.29) is 5.11 Å². The molecule has 3 aromatic carbocycles. The van der Waals surface area contributed by atoms with Crippen LogP contribution in [-0.2, 0) is 6.54 Å². The molecular weight excluding hydrogens is 266 g/mol. The van der Waals surface area contributed by atoms with Gasteiger partial charge < -0.3 is 5.73 Å². The van der Waals surface area contributed by atoms with Crippen molar-refractivity contribution in [3.63, 3.8) is 0 Å². The van der Waals surface area contributed by atoms with Gasteiger partial charge >= 0.3 is 0 Å². The molecule has 0 aliphatic rings. The molecule has 0 aliphatic heterocycles. The van der Waals surface area contributed by atoms with Gasteiger partial charge in [0.25, 0.3) is 0 Å². The van der Waals surface area contributed by atoms with Crippen LogP contribution < -0.4 is 16.6 Å². The quantitative estimate of drug-likeness (QED) is 0.392. The Morgan fingerprint density at radius 2 is 1.50 bits per heavy atom. The first-order valence-electron chi connectivity index (χ1n) is 6.43. The summed E-state index contributed by atoms with van der Waals surface area (Å²) >= 11 is 4.81. The number of thiocarbonyl (C=S) groups is 1. The first-order valence-corrected chi connectivity index (χ1v) is 6.84. The van der Waals surface area contributed by atoms with Crippen LogP contribution in [0.4, 0.5) is 0 Å². The number of hydrogen-bond donors (Lipinski definition) is 3. The number of hydrazine groups is 1. The molecular formula is C16H15N3S. The van der Waals surface area contributed by atoms with Crippen LogP contribution >= 0.6 is 12.2 Å². The highest BCUT2D eigenvalue weighted by atomic mass is 32.1. The maximum Gasteiger partial charge on any atom is 0.178 e. The predicted octanol–water partition coefficient (Wildman–Crippen LogP) is 2.83. The van der Waals surface area contributed by atoms with Crippen LogP contribution in [0.2, 0.25) is 0 Å². The fourth-order valence-electron chi connectivity index (χ4n) is 2.52. The Labute approximate surface area is 122 Å². The minimum Gasteiger partial charge on any atom is -0.375 e. The van der Waals surface area contributed by atoms with Gasteiger partial charge in [-0.1, -0.05) is 48.5 Å². The molecule has 0 heterocycles. The Hall–Kier alpha value is -2.17. The third-order valence-corrected chi connectivity index (χ3v) is 3.46. The molecule has 20 heavy (non-hydrogen) atoms. The van der Waals surface area contributed by atoms with E-state index in [0.29, 0.717) is 6.54 Å². The van der Waals surface area contributed by atoms with Crippen LogP contribution in [0, 0.1) is 0 Å². The van der Waals surface area contributed by atoms with Gasteiger partial charge in [0.05, 0.1) is 0 Å². The van der Waals surface area contributed by atoms with Gasteiger partial charge in [0.2, 0.25) is 0 Å². The minimum absolute atomic E-state index is 0.245. The molecule has 100 valence electrons. The van der Waals surface area contributed by atoms with Crippen LogP contribution in [0.5, 0.6) is 0 Å². The maximum atomic E-state index is 5.44. The van der Waals surface area contributed by atoms with Crippen molar-refractivity contribution >= 4 is 38.9 Å². The molecule has 4 heteroatoms. The summed E-state index contributed by atoms with van der Waals surface area (Å²) in [5.41, 5.74) is 12.5. The van der Waals surface area contributed by atoms with Gasteiger partial charge in [-0.25, -0.2) is 5.43 Å². The van der Waals surface area contributed by atoms with Crippen molar-refractivity contribution in [1.29, 1.82) is 0 Å². The zero-order valence-corrected chi connectivity index (χ0v) is 11.7. The lowest BCUT2D eigenvalue weighted by Crippen LogP contribution is -2.40. The van der Waals surface area contributed by atoms with E-state index in [2.05, 4.69) is 65.4 Å². The van der Waals surface area contributed by atoms with Crippen LogP contribution in [0.15, 0.2) is 54.6 Å². The van der Waals surface area contributed by atoms with Crippen molar-refractivity contribution in [1.82, 2.24) is 10.9 Å². The summed E-state index contributed by atoms with van der Waals surface area (Å²) in [4.78, 5) is 0. The highest BCUT2D eigenvalue weighted by Gasteiger charge is 2.06. The fraction of sp³-hybridized carbons (Fsp3) is 0.0625. The Kier molecular flexibility index (Phi) is 3.50. The molecule has 0 fully saturated rings. The van der Waals surface area contributed by atoms with E-state index >= 15 is 0 Å². The molecule has 0 radical (unpaired) electrons. The van der Waals surface area contributed by atoms with Crippen molar-refractivity contribution < 1.29 is 0 Å². The SMILES string of the molecule is NC(=S)NNCc1c2ccccc2cc2ccccc12. The Morgan fingerprint density at radius 1 is 0.950 bits per heavy atom. The van der Waals surface area contributed by atoms with Gasteiger partial charge in [-0.2, -0.15) is 0 Å². The first kappa shape index (κ1) is 12.8. The Bertz CT molecular complexity index is 729. The average molecular weight is 281 g/mol. The molecule has 4 N–H and O–H groups in total. The monoisotopic (exact) mass is 281 g/mol. The average Bonchev–Trinajstić information content (AvgIpc) is 2.46. The lowest BCUT2D eigenvalue weighted by molar-refractivity contribution is 0.661. The van der Waals surface area contributed by atoms with Gasteiger partial charge in [-0.3, -0.25) is 5.43 Å². The second-order valence-electron chi connectivity index (χ2n) is 4.64. The van der Waals surface area contributed by atoms with Crippen LogP contribution in [0.25, 0.3) is 21.5 Å². The van der Waals surface area contributed by atoms with E-state index in [1.165, 1.54) is 27.1 Å². The molecule has 0 spiro atoms. The lowest BCUT2D eigenvalue weighted by Gasteiger charge is -2.13. The van der Waals surface area contributed by atoms with Crippen LogP contribution in [0.1, 0.15) is 5.56 Å². The minimum atomic E-state index is 0.245. The zero-order chi connectivity index (χ0) is 13.9. The summed E-state index contributed by atoms with van der Waals surface area (Å²) in [6.45, 7) is 0.652. The molecule has 0 aliphatic carbocycles. The molecule has 0 saturated carbocycles. The smallest absolute Gasteiger partial charge is 0.178 e. The van der Waals surface area contributed by atoms with Gasteiger partial charge in [0.15, 0.2) is 5.11 Å². The summed E-state index contributed by atoms with van der Waals surface area (Å²) in [5, 5.41) is 5.19. The predicted molar refractivity (Wildman–Crippen MR) is 88.2 cm³/mol. The highest BCUT2D eigenvalue weighted by molar-refractivity contribution is 7.80. The number of nitrogens with two attached hydrogens (primary N) is 1. The normalized spacial score (nSPS) is 10.8. The summed E-state index contributed by atoms with van der Waals surface area (Å²) in [6, 6.07) is 19.0. The van der Waals surface area contributed by atoms with Gasteiger partial charge in [-0.05, 0) is 45.4 Å². The molecule has 0 unspecified atom stereocenters. The van der Waals surface area contributed by atoms with Crippen molar-refractivity contribution in [2.24, 2.45) is 5.73 Å². The third kappa shape index (κ3) is 2.43. The van der Waals surface area contributed by atoms with Crippen molar-refractivity contribution in [2.45, 2.75) is 6.54 Å². The van der Waals surface area contributed by atoms with Gasteiger partial charge in [0, 0.05) is 6.54 Å². The molecule has 0 aromatic heterocycles. The first-order chi connectivity index (χ1) is 9.75. The second kappa shape index (κ2) is 5.45.